The average molecular weight is 275 g/mol. The molecule has 0 radical (unpaired) electrons. The van der Waals surface area contributed by atoms with E-state index in [1.54, 1.807) is 0 Å². The highest BCUT2D eigenvalue weighted by atomic mass is 15.2. The second-order valence-corrected chi connectivity index (χ2v) is 6.37. The van der Waals surface area contributed by atoms with Gasteiger partial charge in [0.2, 0.25) is 0 Å². The molecule has 0 aliphatic carbocycles. The predicted octanol–water partition coefficient (Wildman–Crippen LogP) is 2.27. The van der Waals surface area contributed by atoms with Crippen LogP contribution in [-0.4, -0.2) is 49.6 Å². The average Bonchev–Trinajstić information content (AvgIpc) is 2.47. The lowest BCUT2D eigenvalue weighted by Crippen LogP contribution is -2.44. The third kappa shape index (κ3) is 4.05. The van der Waals surface area contributed by atoms with Crippen LogP contribution in [0.25, 0.3) is 0 Å². The molecule has 3 nitrogen and oxygen atoms in total. The molecule has 0 amide bonds. The number of nitrogens with two attached hydrogens (primary N) is 1. The SMILES string of the molecule is CC(CN)c1ccc(CN2CCCC(N(C)C)C2)cc1. The number of benzene rings is 1. The second kappa shape index (κ2) is 7.21. The normalized spacial score (nSPS) is 22.1. The van der Waals surface area contributed by atoms with Gasteiger partial charge in [0, 0.05) is 19.1 Å². The Hall–Kier alpha value is -0.900. The minimum atomic E-state index is 0.456. The van der Waals surface area contributed by atoms with E-state index in [0.717, 1.165) is 13.1 Å². The molecule has 1 heterocycles. The number of hydrogen-bond donors (Lipinski definition) is 1. The van der Waals surface area contributed by atoms with Crippen LogP contribution >= 0.6 is 0 Å². The molecule has 1 saturated heterocycles. The fourth-order valence-electron chi connectivity index (χ4n) is 2.94. The van der Waals surface area contributed by atoms with E-state index in [0.29, 0.717) is 12.0 Å². The third-order valence-corrected chi connectivity index (χ3v) is 4.52. The van der Waals surface area contributed by atoms with Crippen LogP contribution in [0.5, 0.6) is 0 Å². The van der Waals surface area contributed by atoms with Crippen molar-refractivity contribution >= 4 is 0 Å². The van der Waals surface area contributed by atoms with E-state index < -0.39 is 0 Å². The first-order chi connectivity index (χ1) is 9.60. The highest BCUT2D eigenvalue weighted by Gasteiger charge is 2.21. The van der Waals surface area contributed by atoms with Crippen LogP contribution in [0.2, 0.25) is 0 Å². The molecule has 2 N–H and O–H groups in total. The van der Waals surface area contributed by atoms with Gasteiger partial charge in [-0.25, -0.2) is 0 Å². The number of piperidine rings is 1. The van der Waals surface area contributed by atoms with Gasteiger partial charge in [-0.1, -0.05) is 31.2 Å². The van der Waals surface area contributed by atoms with Crippen molar-refractivity contribution < 1.29 is 0 Å². The van der Waals surface area contributed by atoms with E-state index in [2.05, 4.69) is 55.1 Å². The summed E-state index contributed by atoms with van der Waals surface area (Å²) in [6, 6.07) is 9.71. The molecule has 1 aromatic rings. The van der Waals surface area contributed by atoms with Crippen LogP contribution in [0.3, 0.4) is 0 Å². The van der Waals surface area contributed by atoms with Crippen LogP contribution in [0.15, 0.2) is 24.3 Å². The molecule has 0 spiro atoms. The van der Waals surface area contributed by atoms with E-state index in [4.69, 9.17) is 5.73 Å². The zero-order valence-electron chi connectivity index (χ0n) is 13.2. The van der Waals surface area contributed by atoms with E-state index in [-0.39, 0.29) is 0 Å². The first-order valence-corrected chi connectivity index (χ1v) is 7.78. The third-order valence-electron chi connectivity index (χ3n) is 4.52. The Morgan fingerprint density at radius 2 is 2.00 bits per heavy atom. The molecule has 1 aliphatic heterocycles. The summed E-state index contributed by atoms with van der Waals surface area (Å²) < 4.78 is 0. The summed E-state index contributed by atoms with van der Waals surface area (Å²) in [6.45, 7) is 6.39. The van der Waals surface area contributed by atoms with Gasteiger partial charge < -0.3 is 10.6 Å². The van der Waals surface area contributed by atoms with Crippen molar-refractivity contribution in [1.29, 1.82) is 0 Å². The second-order valence-electron chi connectivity index (χ2n) is 6.37. The van der Waals surface area contributed by atoms with Crippen LogP contribution < -0.4 is 5.73 Å². The van der Waals surface area contributed by atoms with Crippen LogP contribution in [0.1, 0.15) is 36.8 Å². The molecule has 0 aromatic heterocycles. The molecule has 20 heavy (non-hydrogen) atoms. The maximum atomic E-state index is 5.72. The minimum Gasteiger partial charge on any atom is -0.330 e. The molecular formula is C17H29N3. The maximum absolute atomic E-state index is 5.72. The van der Waals surface area contributed by atoms with Crippen molar-refractivity contribution in [3.8, 4) is 0 Å². The molecule has 3 heteroatoms. The number of nitrogens with zero attached hydrogens (tertiary/aromatic N) is 2. The molecule has 2 unspecified atom stereocenters. The van der Waals surface area contributed by atoms with Gasteiger partial charge in [-0.05, 0) is 57.1 Å². The smallest absolute Gasteiger partial charge is 0.0234 e. The Kier molecular flexibility index (Phi) is 5.58. The van der Waals surface area contributed by atoms with Crippen molar-refractivity contribution in [2.45, 2.75) is 38.3 Å². The lowest BCUT2D eigenvalue weighted by Gasteiger charge is -2.36. The quantitative estimate of drug-likeness (QED) is 0.895. The van der Waals surface area contributed by atoms with E-state index in [1.807, 2.05) is 0 Å². The summed E-state index contributed by atoms with van der Waals surface area (Å²) in [7, 11) is 4.38. The number of likely N-dealkylation sites (N-methyl/N-ethyl adjacent to an activating group) is 1. The molecule has 0 saturated carbocycles. The fourth-order valence-corrected chi connectivity index (χ4v) is 2.94. The molecular weight excluding hydrogens is 246 g/mol. The van der Waals surface area contributed by atoms with Crippen LogP contribution in [0, 0.1) is 0 Å². The van der Waals surface area contributed by atoms with E-state index in [9.17, 15) is 0 Å². The molecule has 1 aromatic carbocycles. The zero-order valence-corrected chi connectivity index (χ0v) is 13.2. The van der Waals surface area contributed by atoms with E-state index in [1.165, 1.54) is 37.1 Å². The van der Waals surface area contributed by atoms with Crippen molar-refractivity contribution in [2.24, 2.45) is 5.73 Å². The molecule has 2 atom stereocenters. The van der Waals surface area contributed by atoms with Crippen LogP contribution in [0.4, 0.5) is 0 Å². The van der Waals surface area contributed by atoms with Gasteiger partial charge in [-0.3, -0.25) is 4.90 Å². The summed E-state index contributed by atoms with van der Waals surface area (Å²) in [4.78, 5) is 4.94. The first kappa shape index (κ1) is 15.5. The standard InChI is InChI=1S/C17H29N3/c1-14(11-18)16-8-6-15(7-9-16)12-20-10-4-5-17(13-20)19(2)3/h6-9,14,17H,4-5,10-13,18H2,1-3H3. The lowest BCUT2D eigenvalue weighted by atomic mass is 9.99. The topological polar surface area (TPSA) is 32.5 Å². The van der Waals surface area contributed by atoms with Crippen molar-refractivity contribution in [1.82, 2.24) is 9.80 Å². The van der Waals surface area contributed by atoms with Gasteiger partial charge in [-0.2, -0.15) is 0 Å². The minimum absolute atomic E-state index is 0.456. The summed E-state index contributed by atoms with van der Waals surface area (Å²) in [5.41, 5.74) is 8.48. The molecule has 112 valence electrons. The summed E-state index contributed by atoms with van der Waals surface area (Å²) in [5, 5.41) is 0. The Morgan fingerprint density at radius 1 is 1.30 bits per heavy atom. The van der Waals surface area contributed by atoms with Gasteiger partial charge in [0.15, 0.2) is 0 Å². The van der Waals surface area contributed by atoms with Gasteiger partial charge in [0.1, 0.15) is 0 Å². The zero-order chi connectivity index (χ0) is 14.5. The summed E-state index contributed by atoms with van der Waals surface area (Å²) in [5.74, 6) is 0.456. The van der Waals surface area contributed by atoms with Crippen molar-refractivity contribution in [3.63, 3.8) is 0 Å². The molecule has 1 aliphatic rings. The number of likely N-dealkylation sites (tertiary alicyclic amines) is 1. The maximum Gasteiger partial charge on any atom is 0.0234 e. The Labute approximate surface area is 123 Å². The first-order valence-electron chi connectivity index (χ1n) is 7.78. The Bertz CT molecular complexity index is 399. The summed E-state index contributed by atoms with van der Waals surface area (Å²) >= 11 is 0. The lowest BCUT2D eigenvalue weighted by molar-refractivity contribution is 0.128. The molecule has 2 rings (SSSR count). The summed E-state index contributed by atoms with van der Waals surface area (Å²) in [6.07, 6.45) is 2.64. The van der Waals surface area contributed by atoms with Gasteiger partial charge in [0.25, 0.3) is 0 Å². The highest BCUT2D eigenvalue weighted by Crippen LogP contribution is 2.18. The van der Waals surface area contributed by atoms with Crippen LogP contribution in [-0.2, 0) is 6.54 Å². The van der Waals surface area contributed by atoms with Crippen molar-refractivity contribution in [2.75, 3.05) is 33.7 Å². The largest absolute Gasteiger partial charge is 0.330 e. The number of rotatable bonds is 5. The fraction of sp³-hybridized carbons (Fsp3) is 0.647. The molecule has 0 bridgehead atoms. The number of hydrogen-bond acceptors (Lipinski definition) is 3. The van der Waals surface area contributed by atoms with Crippen molar-refractivity contribution in [3.05, 3.63) is 35.4 Å². The monoisotopic (exact) mass is 275 g/mol. The van der Waals surface area contributed by atoms with Gasteiger partial charge >= 0.3 is 0 Å². The Balaban J connectivity index is 1.92. The predicted molar refractivity (Wildman–Crippen MR) is 85.9 cm³/mol. The highest BCUT2D eigenvalue weighted by molar-refractivity contribution is 5.25. The van der Waals surface area contributed by atoms with Gasteiger partial charge in [-0.15, -0.1) is 0 Å². The van der Waals surface area contributed by atoms with E-state index >= 15 is 0 Å². The molecule has 1 fully saturated rings. The van der Waals surface area contributed by atoms with Gasteiger partial charge in [0.05, 0.1) is 0 Å². The Morgan fingerprint density at radius 3 is 2.60 bits per heavy atom.